The second-order valence-electron chi connectivity index (χ2n) is 5.87. The standard InChI is InChI=1S/C16H24NO2P/c1-12(2)17-6-10-20(11-7-17)14-5-4-13(3)15-16(14)19-9-8-18-15/h4-5,12H,6-11H2,1-3H3. The maximum Gasteiger partial charge on any atom is 0.169 e. The van der Waals surface area contributed by atoms with Crippen molar-refractivity contribution in [1.82, 2.24) is 4.90 Å². The molecule has 1 aromatic carbocycles. The van der Waals surface area contributed by atoms with E-state index < -0.39 is 0 Å². The van der Waals surface area contributed by atoms with Crippen LogP contribution in [0.1, 0.15) is 19.4 Å². The minimum atomic E-state index is -0.0919. The molecule has 0 N–H and O–H groups in total. The zero-order chi connectivity index (χ0) is 14.1. The molecule has 1 saturated heterocycles. The largest absolute Gasteiger partial charge is 0.486 e. The van der Waals surface area contributed by atoms with Crippen LogP contribution in [0.15, 0.2) is 12.1 Å². The zero-order valence-electron chi connectivity index (χ0n) is 12.7. The smallest absolute Gasteiger partial charge is 0.169 e. The Labute approximate surface area is 123 Å². The molecule has 2 aliphatic heterocycles. The molecule has 0 unspecified atom stereocenters. The molecule has 0 bridgehead atoms. The van der Waals surface area contributed by atoms with Gasteiger partial charge in [-0.25, -0.2) is 0 Å². The summed E-state index contributed by atoms with van der Waals surface area (Å²) >= 11 is 0. The topological polar surface area (TPSA) is 21.7 Å². The highest BCUT2D eigenvalue weighted by Crippen LogP contribution is 2.44. The van der Waals surface area contributed by atoms with Crippen molar-refractivity contribution in [2.24, 2.45) is 0 Å². The van der Waals surface area contributed by atoms with E-state index in [1.807, 2.05) is 0 Å². The summed E-state index contributed by atoms with van der Waals surface area (Å²) < 4.78 is 11.8. The summed E-state index contributed by atoms with van der Waals surface area (Å²) in [5.74, 6) is 2.03. The van der Waals surface area contributed by atoms with Gasteiger partial charge in [-0.1, -0.05) is 20.1 Å². The third kappa shape index (κ3) is 2.66. The second-order valence-corrected chi connectivity index (χ2v) is 8.33. The molecular weight excluding hydrogens is 269 g/mol. The fraction of sp³-hybridized carbons (Fsp3) is 0.625. The highest BCUT2D eigenvalue weighted by molar-refractivity contribution is 7.66. The van der Waals surface area contributed by atoms with Gasteiger partial charge in [0.2, 0.25) is 0 Å². The Morgan fingerprint density at radius 1 is 1.05 bits per heavy atom. The van der Waals surface area contributed by atoms with E-state index >= 15 is 0 Å². The zero-order valence-corrected chi connectivity index (χ0v) is 13.6. The minimum absolute atomic E-state index is 0.0919. The number of benzene rings is 1. The maximum absolute atomic E-state index is 5.94. The number of nitrogens with zero attached hydrogens (tertiary/aromatic N) is 1. The Balaban J connectivity index is 1.81. The molecule has 0 saturated carbocycles. The van der Waals surface area contributed by atoms with Gasteiger partial charge in [-0.15, -0.1) is 0 Å². The lowest BCUT2D eigenvalue weighted by Crippen LogP contribution is -2.40. The van der Waals surface area contributed by atoms with Crippen molar-refractivity contribution in [2.45, 2.75) is 26.8 Å². The van der Waals surface area contributed by atoms with Crippen molar-refractivity contribution in [3.8, 4) is 11.5 Å². The molecule has 3 nitrogen and oxygen atoms in total. The normalized spacial score (nSPS) is 20.4. The molecule has 1 fully saturated rings. The van der Waals surface area contributed by atoms with Crippen LogP contribution in [0.3, 0.4) is 0 Å². The molecule has 0 spiro atoms. The molecule has 0 atom stereocenters. The van der Waals surface area contributed by atoms with Gasteiger partial charge in [-0.05, 0) is 38.7 Å². The van der Waals surface area contributed by atoms with E-state index in [-0.39, 0.29) is 7.92 Å². The molecular formula is C16H24NO2P. The van der Waals surface area contributed by atoms with Crippen LogP contribution in [0.2, 0.25) is 0 Å². The monoisotopic (exact) mass is 293 g/mol. The van der Waals surface area contributed by atoms with E-state index in [0.717, 1.165) is 11.5 Å². The van der Waals surface area contributed by atoms with E-state index in [0.29, 0.717) is 19.3 Å². The van der Waals surface area contributed by atoms with E-state index in [9.17, 15) is 0 Å². The molecule has 3 rings (SSSR count). The second kappa shape index (κ2) is 5.91. The molecule has 0 radical (unpaired) electrons. The summed E-state index contributed by atoms with van der Waals surface area (Å²) in [6.07, 6.45) is 2.57. The Morgan fingerprint density at radius 3 is 2.35 bits per heavy atom. The van der Waals surface area contributed by atoms with E-state index in [2.05, 4.69) is 37.8 Å². The predicted molar refractivity (Wildman–Crippen MR) is 85.2 cm³/mol. The maximum atomic E-state index is 5.94. The lowest BCUT2D eigenvalue weighted by molar-refractivity contribution is 0.172. The van der Waals surface area contributed by atoms with Crippen LogP contribution in [0.25, 0.3) is 0 Å². The summed E-state index contributed by atoms with van der Waals surface area (Å²) in [5.41, 5.74) is 1.19. The van der Waals surface area contributed by atoms with Crippen molar-refractivity contribution in [3.63, 3.8) is 0 Å². The van der Waals surface area contributed by atoms with Gasteiger partial charge < -0.3 is 14.4 Å². The minimum Gasteiger partial charge on any atom is -0.486 e. The number of hydrogen-bond acceptors (Lipinski definition) is 3. The van der Waals surface area contributed by atoms with Crippen molar-refractivity contribution >= 4 is 13.2 Å². The Bertz CT molecular complexity index is 482. The molecule has 1 aromatic rings. The van der Waals surface area contributed by atoms with Crippen LogP contribution in [0.5, 0.6) is 11.5 Å². The predicted octanol–water partition coefficient (Wildman–Crippen LogP) is 2.60. The van der Waals surface area contributed by atoms with E-state index in [1.54, 1.807) is 0 Å². The number of fused-ring (bicyclic) bond motifs is 1. The number of aryl methyl sites for hydroxylation is 1. The van der Waals surface area contributed by atoms with Gasteiger partial charge in [0.05, 0.1) is 0 Å². The van der Waals surface area contributed by atoms with Crippen LogP contribution in [0.4, 0.5) is 0 Å². The SMILES string of the molecule is Cc1ccc(P2CCN(C(C)C)CC2)c2c1OCCO2. The first-order chi connectivity index (χ1) is 9.66. The summed E-state index contributed by atoms with van der Waals surface area (Å²) in [5, 5.41) is 1.42. The van der Waals surface area contributed by atoms with Crippen molar-refractivity contribution < 1.29 is 9.47 Å². The van der Waals surface area contributed by atoms with Gasteiger partial charge in [0.25, 0.3) is 0 Å². The third-order valence-electron chi connectivity index (χ3n) is 4.25. The van der Waals surface area contributed by atoms with Crippen LogP contribution in [-0.2, 0) is 0 Å². The molecule has 0 aliphatic carbocycles. The quantitative estimate of drug-likeness (QED) is 0.782. The summed E-state index contributed by atoms with van der Waals surface area (Å²) in [4.78, 5) is 2.58. The Hall–Kier alpha value is -0.790. The average molecular weight is 293 g/mol. The molecule has 110 valence electrons. The van der Waals surface area contributed by atoms with Crippen molar-refractivity contribution in [1.29, 1.82) is 0 Å². The first-order valence-corrected chi connectivity index (χ1v) is 9.26. The molecule has 20 heavy (non-hydrogen) atoms. The molecule has 2 aliphatic rings. The van der Waals surface area contributed by atoms with Gasteiger partial charge in [-0.2, -0.15) is 0 Å². The highest BCUT2D eigenvalue weighted by Gasteiger charge is 2.27. The lowest BCUT2D eigenvalue weighted by Gasteiger charge is -2.36. The molecule has 4 heteroatoms. The fourth-order valence-electron chi connectivity index (χ4n) is 2.99. The van der Waals surface area contributed by atoms with Crippen LogP contribution >= 0.6 is 7.92 Å². The van der Waals surface area contributed by atoms with Gasteiger partial charge in [0, 0.05) is 24.4 Å². The lowest BCUT2D eigenvalue weighted by atomic mass is 10.2. The third-order valence-corrected chi connectivity index (χ3v) is 6.76. The van der Waals surface area contributed by atoms with Crippen LogP contribution in [0, 0.1) is 6.92 Å². The van der Waals surface area contributed by atoms with Crippen LogP contribution in [-0.4, -0.2) is 49.6 Å². The molecule has 0 amide bonds. The molecule has 0 aromatic heterocycles. The number of ether oxygens (including phenoxy) is 2. The van der Waals surface area contributed by atoms with Crippen molar-refractivity contribution in [2.75, 3.05) is 38.6 Å². The Morgan fingerprint density at radius 2 is 1.70 bits per heavy atom. The summed E-state index contributed by atoms with van der Waals surface area (Å²) in [7, 11) is -0.0919. The van der Waals surface area contributed by atoms with Gasteiger partial charge in [0.1, 0.15) is 13.2 Å². The average Bonchev–Trinajstić information content (AvgIpc) is 2.48. The van der Waals surface area contributed by atoms with Gasteiger partial charge in [0.15, 0.2) is 11.5 Å². The number of hydrogen-bond donors (Lipinski definition) is 0. The first-order valence-electron chi connectivity index (χ1n) is 7.55. The molecule has 2 heterocycles. The van der Waals surface area contributed by atoms with Gasteiger partial charge in [-0.3, -0.25) is 0 Å². The van der Waals surface area contributed by atoms with Crippen LogP contribution < -0.4 is 14.8 Å². The fourth-order valence-corrected chi connectivity index (χ4v) is 5.43. The van der Waals surface area contributed by atoms with Crippen molar-refractivity contribution in [3.05, 3.63) is 17.7 Å². The number of rotatable bonds is 2. The first kappa shape index (κ1) is 14.2. The summed E-state index contributed by atoms with van der Waals surface area (Å²) in [6.45, 7) is 10.5. The highest BCUT2D eigenvalue weighted by atomic mass is 31.1. The van der Waals surface area contributed by atoms with E-state index in [4.69, 9.17) is 9.47 Å². The Kier molecular flexibility index (Phi) is 4.18. The van der Waals surface area contributed by atoms with E-state index in [1.165, 1.54) is 36.3 Å². The summed E-state index contributed by atoms with van der Waals surface area (Å²) in [6, 6.07) is 5.14. The van der Waals surface area contributed by atoms with Gasteiger partial charge >= 0.3 is 0 Å².